The SMILES string of the molecule is N#CCC(c1cncc(CSc2ccccc2)c1)n1cc(-c2ncnc3[nH]ccc23)cn1. The fourth-order valence-corrected chi connectivity index (χ4v) is 4.48. The number of nitriles is 1. The van der Waals surface area contributed by atoms with Crippen LogP contribution in [0.1, 0.15) is 23.6 Å². The summed E-state index contributed by atoms with van der Waals surface area (Å²) >= 11 is 1.76. The van der Waals surface area contributed by atoms with Gasteiger partial charge in [0.1, 0.15) is 12.0 Å². The van der Waals surface area contributed by atoms with Gasteiger partial charge in [0.2, 0.25) is 0 Å². The number of H-pyrrole nitrogens is 1. The predicted molar refractivity (Wildman–Crippen MR) is 124 cm³/mol. The van der Waals surface area contributed by atoms with Gasteiger partial charge in [0.15, 0.2) is 0 Å². The van der Waals surface area contributed by atoms with Gasteiger partial charge < -0.3 is 4.98 Å². The van der Waals surface area contributed by atoms with Crippen molar-refractivity contribution in [3.63, 3.8) is 0 Å². The normalized spacial score (nSPS) is 12.0. The molecule has 7 nitrogen and oxygen atoms in total. The Labute approximate surface area is 189 Å². The number of pyridine rings is 1. The minimum atomic E-state index is -0.230. The van der Waals surface area contributed by atoms with Crippen molar-refractivity contribution in [2.75, 3.05) is 0 Å². The quantitative estimate of drug-likeness (QED) is 0.360. The molecule has 1 N–H and O–H groups in total. The Bertz CT molecular complexity index is 1380. The van der Waals surface area contributed by atoms with Crippen molar-refractivity contribution < 1.29 is 0 Å². The monoisotopic (exact) mass is 437 g/mol. The largest absolute Gasteiger partial charge is 0.346 e. The number of benzene rings is 1. The van der Waals surface area contributed by atoms with Crippen LogP contribution in [0.5, 0.6) is 0 Å². The van der Waals surface area contributed by atoms with Crippen molar-refractivity contribution in [1.82, 2.24) is 29.7 Å². The van der Waals surface area contributed by atoms with Crippen LogP contribution in [0.2, 0.25) is 0 Å². The summed E-state index contributed by atoms with van der Waals surface area (Å²) in [4.78, 5) is 17.4. The molecule has 5 rings (SSSR count). The van der Waals surface area contributed by atoms with Crippen LogP contribution in [0.25, 0.3) is 22.3 Å². The van der Waals surface area contributed by atoms with E-state index in [4.69, 9.17) is 0 Å². The maximum atomic E-state index is 9.48. The van der Waals surface area contributed by atoms with Gasteiger partial charge in [-0.3, -0.25) is 9.67 Å². The molecule has 1 atom stereocenters. The van der Waals surface area contributed by atoms with E-state index in [1.807, 2.05) is 53.7 Å². The first-order valence-electron chi connectivity index (χ1n) is 10.1. The summed E-state index contributed by atoms with van der Waals surface area (Å²) in [5.41, 5.74) is 4.54. The summed E-state index contributed by atoms with van der Waals surface area (Å²) in [6, 6.07) is 16.4. The fraction of sp³-hybridized carbons (Fsp3) is 0.125. The summed E-state index contributed by atoms with van der Waals surface area (Å²) in [5.74, 6) is 0.806. The van der Waals surface area contributed by atoms with Gasteiger partial charge in [-0.2, -0.15) is 10.4 Å². The van der Waals surface area contributed by atoms with Gasteiger partial charge in [-0.1, -0.05) is 18.2 Å². The van der Waals surface area contributed by atoms with E-state index in [0.29, 0.717) is 6.42 Å². The molecule has 8 heteroatoms. The standard InChI is InChI=1S/C24H19N7S/c25-8-6-22(18-10-17(11-26-12-18)15-32-20-4-2-1-3-5-20)31-14-19(13-30-31)23-21-7-9-27-24(21)29-16-28-23/h1-5,7,9-14,16,22H,6,15H2,(H,27,28,29). The van der Waals surface area contributed by atoms with Crippen LogP contribution in [0.3, 0.4) is 0 Å². The Morgan fingerprint density at radius 2 is 2.00 bits per heavy atom. The molecule has 0 saturated heterocycles. The number of nitrogens with zero attached hydrogens (tertiary/aromatic N) is 6. The zero-order valence-electron chi connectivity index (χ0n) is 17.1. The van der Waals surface area contributed by atoms with Crippen LogP contribution in [0.15, 0.2) is 84.7 Å². The first-order chi connectivity index (χ1) is 15.8. The van der Waals surface area contributed by atoms with Crippen molar-refractivity contribution in [2.45, 2.75) is 23.1 Å². The molecule has 0 aliphatic rings. The second-order valence-electron chi connectivity index (χ2n) is 7.28. The highest BCUT2D eigenvalue weighted by atomic mass is 32.2. The lowest BCUT2D eigenvalue weighted by molar-refractivity contribution is 0.530. The Morgan fingerprint density at radius 1 is 1.09 bits per heavy atom. The van der Waals surface area contributed by atoms with Crippen LogP contribution in [0.4, 0.5) is 0 Å². The highest BCUT2D eigenvalue weighted by Crippen LogP contribution is 2.29. The molecule has 0 fully saturated rings. The van der Waals surface area contributed by atoms with Gasteiger partial charge >= 0.3 is 0 Å². The molecule has 5 aromatic rings. The number of thioether (sulfide) groups is 1. The molecule has 4 heterocycles. The third-order valence-corrected chi connectivity index (χ3v) is 6.27. The number of aromatic nitrogens is 6. The molecular formula is C24H19N7S. The second-order valence-corrected chi connectivity index (χ2v) is 8.33. The van der Waals surface area contributed by atoms with Crippen LogP contribution < -0.4 is 0 Å². The summed E-state index contributed by atoms with van der Waals surface area (Å²) in [6.45, 7) is 0. The van der Waals surface area contributed by atoms with E-state index in [9.17, 15) is 5.26 Å². The first-order valence-corrected chi connectivity index (χ1v) is 11.1. The number of hydrogen-bond acceptors (Lipinski definition) is 6. The maximum absolute atomic E-state index is 9.48. The third kappa shape index (κ3) is 4.11. The molecule has 1 unspecified atom stereocenters. The maximum Gasteiger partial charge on any atom is 0.141 e. The summed E-state index contributed by atoms with van der Waals surface area (Å²) in [7, 11) is 0. The van der Waals surface area contributed by atoms with Crippen molar-refractivity contribution in [1.29, 1.82) is 5.26 Å². The van der Waals surface area contributed by atoms with E-state index < -0.39 is 0 Å². The summed E-state index contributed by atoms with van der Waals surface area (Å²) in [6.07, 6.45) is 11.1. The van der Waals surface area contributed by atoms with Crippen LogP contribution >= 0.6 is 11.8 Å². The molecule has 32 heavy (non-hydrogen) atoms. The van der Waals surface area contributed by atoms with Crippen molar-refractivity contribution in [3.8, 4) is 17.3 Å². The van der Waals surface area contributed by atoms with Gasteiger partial charge in [0.05, 0.1) is 30.4 Å². The zero-order valence-corrected chi connectivity index (χ0v) is 17.9. The molecule has 156 valence electrons. The van der Waals surface area contributed by atoms with Gasteiger partial charge in [-0.15, -0.1) is 11.8 Å². The molecule has 0 spiro atoms. The van der Waals surface area contributed by atoms with E-state index in [1.165, 1.54) is 11.2 Å². The molecule has 0 radical (unpaired) electrons. The minimum Gasteiger partial charge on any atom is -0.346 e. The van der Waals surface area contributed by atoms with Gasteiger partial charge in [0, 0.05) is 46.4 Å². The smallest absolute Gasteiger partial charge is 0.141 e. The summed E-state index contributed by atoms with van der Waals surface area (Å²) < 4.78 is 1.82. The molecule has 0 saturated carbocycles. The number of fused-ring (bicyclic) bond motifs is 1. The minimum absolute atomic E-state index is 0.230. The van der Waals surface area contributed by atoms with E-state index in [2.05, 4.69) is 49.3 Å². The lowest BCUT2D eigenvalue weighted by Gasteiger charge is -2.15. The lowest BCUT2D eigenvalue weighted by Crippen LogP contribution is -2.11. The number of hydrogen-bond donors (Lipinski definition) is 1. The number of aromatic amines is 1. The van der Waals surface area contributed by atoms with Gasteiger partial charge in [0.25, 0.3) is 0 Å². The Balaban J connectivity index is 1.42. The van der Waals surface area contributed by atoms with Crippen molar-refractivity contribution in [2.24, 2.45) is 0 Å². The van der Waals surface area contributed by atoms with Crippen LogP contribution in [0, 0.1) is 11.3 Å². The highest BCUT2D eigenvalue weighted by molar-refractivity contribution is 7.98. The van der Waals surface area contributed by atoms with Crippen molar-refractivity contribution >= 4 is 22.8 Å². The van der Waals surface area contributed by atoms with Gasteiger partial charge in [-0.25, -0.2) is 9.97 Å². The highest BCUT2D eigenvalue weighted by Gasteiger charge is 2.18. The lowest BCUT2D eigenvalue weighted by atomic mass is 10.1. The molecule has 0 aliphatic heterocycles. The second kappa shape index (κ2) is 9.04. The molecule has 0 bridgehead atoms. The van der Waals surface area contributed by atoms with E-state index in [1.54, 1.807) is 18.0 Å². The Kier molecular flexibility index (Phi) is 5.64. The molecule has 0 aliphatic carbocycles. The topological polar surface area (TPSA) is 96.1 Å². The van der Waals surface area contributed by atoms with Crippen molar-refractivity contribution in [3.05, 3.63) is 90.9 Å². The fourth-order valence-electron chi connectivity index (χ4n) is 3.64. The Morgan fingerprint density at radius 3 is 2.88 bits per heavy atom. The average Bonchev–Trinajstić information content (AvgIpc) is 3.52. The van der Waals surface area contributed by atoms with Crippen LogP contribution in [-0.2, 0) is 5.75 Å². The molecule has 1 aromatic carbocycles. The average molecular weight is 438 g/mol. The molecule has 0 amide bonds. The first kappa shape index (κ1) is 20.0. The van der Waals surface area contributed by atoms with E-state index >= 15 is 0 Å². The Hall–Kier alpha value is -3.96. The zero-order chi connectivity index (χ0) is 21.8. The molecule has 4 aromatic heterocycles. The predicted octanol–water partition coefficient (Wildman–Crippen LogP) is 5.01. The van der Waals surface area contributed by atoms with E-state index in [0.717, 1.165) is 39.2 Å². The third-order valence-electron chi connectivity index (χ3n) is 5.18. The number of nitrogens with one attached hydrogen (secondary N) is 1. The van der Waals surface area contributed by atoms with Crippen LogP contribution in [-0.4, -0.2) is 29.7 Å². The van der Waals surface area contributed by atoms with Gasteiger partial charge in [-0.05, 0) is 35.4 Å². The number of rotatable bonds is 7. The van der Waals surface area contributed by atoms with E-state index in [-0.39, 0.29) is 6.04 Å². The molecular weight excluding hydrogens is 418 g/mol. The summed E-state index contributed by atoms with van der Waals surface area (Å²) in [5, 5.41) is 15.0.